The topological polar surface area (TPSA) is 77.0 Å². The van der Waals surface area contributed by atoms with Crippen LogP contribution in [-0.2, 0) is 14.4 Å². The molecule has 0 heterocycles. The smallest absolute Gasteiger partial charge is 0.337 e. The molecule has 0 unspecified atom stereocenters. The number of amides is 1. The molecule has 2 aromatic carbocycles. The molecule has 0 saturated carbocycles. The van der Waals surface area contributed by atoms with Crippen LogP contribution in [0.5, 0.6) is 0 Å². The van der Waals surface area contributed by atoms with Crippen molar-refractivity contribution in [2.75, 3.05) is 19.0 Å². The molecule has 0 aliphatic carbocycles. The average Bonchev–Trinajstić information content (AvgIpc) is 2.65. The molecule has 136 valence electrons. The van der Waals surface area contributed by atoms with Gasteiger partial charge in [0.2, 0.25) is 0 Å². The Bertz CT molecular complexity index is 765. The van der Waals surface area contributed by atoms with E-state index in [9.17, 15) is 9.59 Å². The van der Waals surface area contributed by atoms with Gasteiger partial charge in [0.05, 0.1) is 18.9 Å². The number of oxime groups is 1. The average molecular weight is 354 g/mol. The SMILES string of the molecule is COC(=O)c1ccc(/C=N/OCC(=O)Nc2ccc(C(C)C)cc2)cc1. The van der Waals surface area contributed by atoms with E-state index in [0.29, 0.717) is 17.2 Å². The van der Waals surface area contributed by atoms with Gasteiger partial charge in [-0.1, -0.05) is 43.3 Å². The third-order valence-electron chi connectivity index (χ3n) is 3.66. The first-order valence-corrected chi connectivity index (χ1v) is 8.23. The minimum Gasteiger partial charge on any atom is -0.465 e. The zero-order chi connectivity index (χ0) is 18.9. The molecular formula is C20H22N2O4. The highest BCUT2D eigenvalue weighted by Crippen LogP contribution is 2.17. The molecule has 0 aromatic heterocycles. The number of methoxy groups -OCH3 is 1. The van der Waals surface area contributed by atoms with Crippen LogP contribution in [0.2, 0.25) is 0 Å². The Hall–Kier alpha value is -3.15. The van der Waals surface area contributed by atoms with Crippen LogP contribution in [0.4, 0.5) is 5.69 Å². The number of ether oxygens (including phenoxy) is 1. The maximum absolute atomic E-state index is 11.8. The van der Waals surface area contributed by atoms with Crippen molar-refractivity contribution >= 4 is 23.8 Å². The first-order chi connectivity index (χ1) is 12.5. The van der Waals surface area contributed by atoms with E-state index >= 15 is 0 Å². The summed E-state index contributed by atoms with van der Waals surface area (Å²) in [7, 11) is 1.33. The predicted molar refractivity (Wildman–Crippen MR) is 100 cm³/mol. The third kappa shape index (κ3) is 5.73. The van der Waals surface area contributed by atoms with Crippen molar-refractivity contribution < 1.29 is 19.2 Å². The van der Waals surface area contributed by atoms with Crippen molar-refractivity contribution in [1.29, 1.82) is 0 Å². The normalized spacial score (nSPS) is 10.8. The van der Waals surface area contributed by atoms with Crippen LogP contribution in [0.25, 0.3) is 0 Å². The van der Waals surface area contributed by atoms with Gasteiger partial charge in [-0.3, -0.25) is 4.79 Å². The van der Waals surface area contributed by atoms with Crippen LogP contribution in [0.15, 0.2) is 53.7 Å². The molecular weight excluding hydrogens is 332 g/mol. The van der Waals surface area contributed by atoms with Crippen molar-refractivity contribution in [2.24, 2.45) is 5.16 Å². The molecule has 1 amide bonds. The lowest BCUT2D eigenvalue weighted by Gasteiger charge is -2.08. The van der Waals surface area contributed by atoms with Gasteiger partial charge in [-0.25, -0.2) is 4.79 Å². The maximum atomic E-state index is 11.8. The molecule has 0 radical (unpaired) electrons. The van der Waals surface area contributed by atoms with E-state index in [0.717, 1.165) is 5.56 Å². The molecule has 2 aromatic rings. The number of esters is 1. The summed E-state index contributed by atoms with van der Waals surface area (Å²) in [5.41, 5.74) is 3.11. The summed E-state index contributed by atoms with van der Waals surface area (Å²) >= 11 is 0. The molecule has 0 saturated heterocycles. The molecule has 0 spiro atoms. The van der Waals surface area contributed by atoms with Gasteiger partial charge >= 0.3 is 5.97 Å². The number of carbonyl (C=O) groups is 2. The van der Waals surface area contributed by atoms with E-state index in [-0.39, 0.29) is 12.5 Å². The first kappa shape index (κ1) is 19.2. The van der Waals surface area contributed by atoms with Crippen LogP contribution in [0, 0.1) is 0 Å². The Balaban J connectivity index is 1.78. The van der Waals surface area contributed by atoms with Crippen LogP contribution < -0.4 is 5.32 Å². The minimum atomic E-state index is -0.400. The fourth-order valence-corrected chi connectivity index (χ4v) is 2.17. The first-order valence-electron chi connectivity index (χ1n) is 8.23. The molecule has 1 N–H and O–H groups in total. The van der Waals surface area contributed by atoms with Crippen molar-refractivity contribution in [3.05, 3.63) is 65.2 Å². The standard InChI is InChI=1S/C20H22N2O4/c1-14(2)16-8-10-18(11-9-16)22-19(23)13-26-21-12-15-4-6-17(7-5-15)20(24)25-3/h4-12,14H,13H2,1-3H3,(H,22,23)/b21-12+. The molecule has 0 atom stereocenters. The Kier molecular flexibility index (Phi) is 6.91. The summed E-state index contributed by atoms with van der Waals surface area (Å²) in [6, 6.07) is 14.3. The van der Waals surface area contributed by atoms with Crippen molar-refractivity contribution in [2.45, 2.75) is 19.8 Å². The van der Waals surface area contributed by atoms with Gasteiger partial charge in [0.25, 0.3) is 5.91 Å². The molecule has 0 bridgehead atoms. The van der Waals surface area contributed by atoms with Gasteiger partial charge in [0.15, 0.2) is 6.61 Å². The summed E-state index contributed by atoms with van der Waals surface area (Å²) in [4.78, 5) is 28.2. The second kappa shape index (κ2) is 9.36. The highest BCUT2D eigenvalue weighted by Gasteiger charge is 2.05. The van der Waals surface area contributed by atoms with E-state index in [2.05, 4.69) is 29.1 Å². The largest absolute Gasteiger partial charge is 0.465 e. The summed E-state index contributed by atoms with van der Waals surface area (Å²) in [6.07, 6.45) is 1.46. The number of hydrogen-bond donors (Lipinski definition) is 1. The quantitative estimate of drug-likeness (QED) is 0.468. The van der Waals surface area contributed by atoms with Crippen molar-refractivity contribution in [3.8, 4) is 0 Å². The van der Waals surface area contributed by atoms with Gasteiger partial charge in [0.1, 0.15) is 0 Å². The highest BCUT2D eigenvalue weighted by atomic mass is 16.6. The molecule has 6 nitrogen and oxygen atoms in total. The van der Waals surface area contributed by atoms with E-state index in [4.69, 9.17) is 4.84 Å². The van der Waals surface area contributed by atoms with E-state index in [1.807, 2.05) is 24.3 Å². The number of anilines is 1. The second-order valence-corrected chi connectivity index (χ2v) is 5.95. The fourth-order valence-electron chi connectivity index (χ4n) is 2.17. The molecule has 0 aliphatic heterocycles. The fraction of sp³-hybridized carbons (Fsp3) is 0.250. The van der Waals surface area contributed by atoms with Crippen molar-refractivity contribution in [3.63, 3.8) is 0 Å². The number of benzene rings is 2. The molecule has 0 aliphatic rings. The van der Waals surface area contributed by atoms with Crippen LogP contribution in [0.3, 0.4) is 0 Å². The second-order valence-electron chi connectivity index (χ2n) is 5.95. The monoisotopic (exact) mass is 354 g/mol. The Morgan fingerprint density at radius 2 is 1.73 bits per heavy atom. The summed E-state index contributed by atoms with van der Waals surface area (Å²) in [6.45, 7) is 4.04. The minimum absolute atomic E-state index is 0.192. The lowest BCUT2D eigenvalue weighted by atomic mass is 10.0. The van der Waals surface area contributed by atoms with Gasteiger partial charge in [-0.2, -0.15) is 0 Å². The highest BCUT2D eigenvalue weighted by molar-refractivity contribution is 5.92. The number of hydrogen-bond acceptors (Lipinski definition) is 5. The Morgan fingerprint density at radius 1 is 1.08 bits per heavy atom. The molecule has 26 heavy (non-hydrogen) atoms. The summed E-state index contributed by atoms with van der Waals surface area (Å²) in [5.74, 6) is -0.248. The van der Waals surface area contributed by atoms with Crippen LogP contribution >= 0.6 is 0 Å². The lowest BCUT2D eigenvalue weighted by Crippen LogP contribution is -2.16. The molecule has 0 fully saturated rings. The Morgan fingerprint density at radius 3 is 2.31 bits per heavy atom. The number of nitrogens with zero attached hydrogens (tertiary/aromatic N) is 1. The predicted octanol–water partition coefficient (Wildman–Crippen LogP) is 3.59. The van der Waals surface area contributed by atoms with Crippen LogP contribution in [0.1, 0.15) is 41.3 Å². The number of rotatable bonds is 7. The summed E-state index contributed by atoms with van der Waals surface area (Å²) in [5, 5.41) is 6.50. The van der Waals surface area contributed by atoms with E-state index in [1.54, 1.807) is 24.3 Å². The van der Waals surface area contributed by atoms with Gasteiger partial charge in [0, 0.05) is 5.69 Å². The van der Waals surface area contributed by atoms with E-state index in [1.165, 1.54) is 18.9 Å². The zero-order valence-electron chi connectivity index (χ0n) is 15.1. The van der Waals surface area contributed by atoms with Crippen LogP contribution in [-0.4, -0.2) is 31.8 Å². The number of nitrogens with one attached hydrogen (secondary N) is 1. The third-order valence-corrected chi connectivity index (χ3v) is 3.66. The Labute approximate surface area is 152 Å². The van der Waals surface area contributed by atoms with E-state index < -0.39 is 5.97 Å². The summed E-state index contributed by atoms with van der Waals surface area (Å²) < 4.78 is 4.63. The van der Waals surface area contributed by atoms with Gasteiger partial charge in [-0.05, 0) is 41.3 Å². The number of carbonyl (C=O) groups excluding carboxylic acids is 2. The van der Waals surface area contributed by atoms with Crippen molar-refractivity contribution in [1.82, 2.24) is 0 Å². The van der Waals surface area contributed by atoms with Gasteiger partial charge < -0.3 is 14.9 Å². The van der Waals surface area contributed by atoms with Gasteiger partial charge in [-0.15, -0.1) is 0 Å². The molecule has 6 heteroatoms. The lowest BCUT2D eigenvalue weighted by molar-refractivity contribution is -0.120. The zero-order valence-corrected chi connectivity index (χ0v) is 15.1. The maximum Gasteiger partial charge on any atom is 0.337 e. The molecule has 2 rings (SSSR count).